The first-order valence-corrected chi connectivity index (χ1v) is 5.82. The first-order chi connectivity index (χ1) is 8.61. The van der Waals surface area contributed by atoms with Crippen LogP contribution in [0.4, 0.5) is 5.69 Å². The summed E-state index contributed by atoms with van der Waals surface area (Å²) < 4.78 is 10.2. The van der Waals surface area contributed by atoms with Gasteiger partial charge in [0.05, 0.1) is 6.61 Å². The predicted octanol–water partition coefficient (Wildman–Crippen LogP) is 3.36. The van der Waals surface area contributed by atoms with E-state index in [2.05, 4.69) is 0 Å². The lowest BCUT2D eigenvalue weighted by Gasteiger charge is -2.02. The molecule has 1 aromatic carbocycles. The van der Waals surface area contributed by atoms with Gasteiger partial charge in [-0.15, -0.1) is 0 Å². The quantitative estimate of drug-likeness (QED) is 0.683. The number of rotatable bonds is 3. The molecular formula is C13H12ClNO3. The van der Waals surface area contributed by atoms with E-state index >= 15 is 0 Å². The Hall–Kier alpha value is -1.94. The van der Waals surface area contributed by atoms with Crippen LogP contribution in [0.1, 0.15) is 17.5 Å². The maximum atomic E-state index is 11.5. The summed E-state index contributed by atoms with van der Waals surface area (Å²) in [5.41, 5.74) is 7.02. The molecule has 0 atom stereocenters. The lowest BCUT2D eigenvalue weighted by Crippen LogP contribution is -2.02. The lowest BCUT2D eigenvalue weighted by atomic mass is 10.1. The van der Waals surface area contributed by atoms with Crippen molar-refractivity contribution in [3.8, 4) is 11.3 Å². The third kappa shape index (κ3) is 2.49. The molecule has 0 saturated carbocycles. The summed E-state index contributed by atoms with van der Waals surface area (Å²) >= 11 is 5.82. The van der Waals surface area contributed by atoms with Gasteiger partial charge in [-0.05, 0) is 37.3 Å². The number of hydrogen-bond acceptors (Lipinski definition) is 4. The molecule has 2 aromatic rings. The Morgan fingerprint density at radius 2 is 2.17 bits per heavy atom. The van der Waals surface area contributed by atoms with Crippen molar-refractivity contribution in [3.05, 3.63) is 41.1 Å². The number of benzene rings is 1. The fourth-order valence-electron chi connectivity index (χ4n) is 1.55. The molecular weight excluding hydrogens is 254 g/mol. The number of hydrogen-bond donors (Lipinski definition) is 1. The Balaban J connectivity index is 2.32. The van der Waals surface area contributed by atoms with E-state index in [0.717, 1.165) is 0 Å². The number of furan rings is 1. The molecule has 18 heavy (non-hydrogen) atoms. The second-order valence-corrected chi connectivity index (χ2v) is 4.05. The summed E-state index contributed by atoms with van der Waals surface area (Å²) in [6, 6.07) is 8.31. The van der Waals surface area contributed by atoms with E-state index in [1.165, 1.54) is 0 Å². The summed E-state index contributed by atoms with van der Waals surface area (Å²) in [6.45, 7) is 2.04. The van der Waals surface area contributed by atoms with Crippen LogP contribution in [-0.4, -0.2) is 12.6 Å². The van der Waals surface area contributed by atoms with Gasteiger partial charge in [0.25, 0.3) is 0 Å². The number of anilines is 1. The molecule has 5 heteroatoms. The predicted molar refractivity (Wildman–Crippen MR) is 69.5 cm³/mol. The number of carbonyl (C=O) groups is 1. The van der Waals surface area contributed by atoms with Crippen LogP contribution in [0.3, 0.4) is 0 Å². The minimum Gasteiger partial charge on any atom is -0.460 e. The highest BCUT2D eigenvalue weighted by molar-refractivity contribution is 6.31. The van der Waals surface area contributed by atoms with Crippen LogP contribution < -0.4 is 5.73 Å². The summed E-state index contributed by atoms with van der Waals surface area (Å²) in [5.74, 6) is 0.171. The van der Waals surface area contributed by atoms with Crippen LogP contribution in [0, 0.1) is 0 Å². The van der Waals surface area contributed by atoms with Gasteiger partial charge in [-0.2, -0.15) is 0 Å². The van der Waals surface area contributed by atoms with E-state index in [0.29, 0.717) is 28.6 Å². The molecule has 0 aliphatic heterocycles. The molecule has 0 spiro atoms. The average Bonchev–Trinajstić information content (AvgIpc) is 2.78. The molecule has 2 rings (SSSR count). The molecule has 0 radical (unpaired) electrons. The maximum Gasteiger partial charge on any atom is 0.374 e. The van der Waals surface area contributed by atoms with Crippen LogP contribution in [0.5, 0.6) is 0 Å². The van der Waals surface area contributed by atoms with E-state index in [-0.39, 0.29) is 5.76 Å². The molecule has 0 aliphatic carbocycles. The van der Waals surface area contributed by atoms with Gasteiger partial charge in [0.1, 0.15) is 5.76 Å². The maximum absolute atomic E-state index is 11.5. The Morgan fingerprint density at radius 1 is 1.39 bits per heavy atom. The van der Waals surface area contributed by atoms with Crippen LogP contribution in [0.2, 0.25) is 5.02 Å². The highest BCUT2D eigenvalue weighted by atomic mass is 35.5. The van der Waals surface area contributed by atoms with Gasteiger partial charge in [0.2, 0.25) is 5.76 Å². The van der Waals surface area contributed by atoms with E-state index < -0.39 is 5.97 Å². The fraction of sp³-hybridized carbons (Fsp3) is 0.154. The summed E-state index contributed by atoms with van der Waals surface area (Å²) in [7, 11) is 0. The zero-order chi connectivity index (χ0) is 13.1. The summed E-state index contributed by atoms with van der Waals surface area (Å²) in [5, 5.41) is 0.549. The van der Waals surface area contributed by atoms with Crippen molar-refractivity contribution in [2.75, 3.05) is 12.3 Å². The van der Waals surface area contributed by atoms with Gasteiger partial charge < -0.3 is 14.9 Å². The van der Waals surface area contributed by atoms with Gasteiger partial charge in [0.15, 0.2) is 0 Å². The number of ether oxygens (including phenoxy) is 1. The molecule has 94 valence electrons. The van der Waals surface area contributed by atoms with Crippen molar-refractivity contribution in [3.63, 3.8) is 0 Å². The first kappa shape index (κ1) is 12.5. The van der Waals surface area contributed by atoms with Crippen molar-refractivity contribution in [2.24, 2.45) is 0 Å². The van der Waals surface area contributed by atoms with Crippen molar-refractivity contribution in [1.29, 1.82) is 0 Å². The molecule has 0 aliphatic rings. The number of esters is 1. The third-order valence-corrected chi connectivity index (χ3v) is 2.60. The van der Waals surface area contributed by atoms with Gasteiger partial charge in [-0.3, -0.25) is 0 Å². The Bertz CT molecular complexity index is 577. The molecule has 0 amide bonds. The molecule has 2 N–H and O–H groups in total. The minimum absolute atomic E-state index is 0.154. The van der Waals surface area contributed by atoms with E-state index in [1.54, 1.807) is 37.3 Å². The van der Waals surface area contributed by atoms with Crippen molar-refractivity contribution < 1.29 is 13.9 Å². The van der Waals surface area contributed by atoms with Gasteiger partial charge >= 0.3 is 5.97 Å². The Kier molecular flexibility index (Phi) is 3.58. The van der Waals surface area contributed by atoms with Crippen molar-refractivity contribution in [2.45, 2.75) is 6.92 Å². The first-order valence-electron chi connectivity index (χ1n) is 5.44. The van der Waals surface area contributed by atoms with Crippen LogP contribution >= 0.6 is 11.6 Å². The number of nitrogens with two attached hydrogens (primary N) is 1. The van der Waals surface area contributed by atoms with Crippen molar-refractivity contribution in [1.82, 2.24) is 0 Å². The highest BCUT2D eigenvalue weighted by Crippen LogP contribution is 2.29. The summed E-state index contributed by atoms with van der Waals surface area (Å²) in [4.78, 5) is 11.5. The molecule has 0 saturated heterocycles. The molecule has 0 fully saturated rings. The van der Waals surface area contributed by atoms with Crippen LogP contribution in [0.15, 0.2) is 34.7 Å². The van der Waals surface area contributed by atoms with Gasteiger partial charge in [-0.25, -0.2) is 4.79 Å². The van der Waals surface area contributed by atoms with Gasteiger partial charge in [-0.1, -0.05) is 11.6 Å². The molecule has 4 nitrogen and oxygen atoms in total. The molecule has 1 aromatic heterocycles. The van der Waals surface area contributed by atoms with Crippen molar-refractivity contribution >= 4 is 23.3 Å². The zero-order valence-corrected chi connectivity index (χ0v) is 10.5. The van der Waals surface area contributed by atoms with Crippen LogP contribution in [0.25, 0.3) is 11.3 Å². The number of halogens is 1. The third-order valence-electron chi connectivity index (χ3n) is 2.36. The fourth-order valence-corrected chi connectivity index (χ4v) is 1.73. The highest BCUT2D eigenvalue weighted by Gasteiger charge is 2.14. The SMILES string of the molecule is CCOC(=O)c1ccc(-c2ccc(Cl)cc2N)o1. The summed E-state index contributed by atoms with van der Waals surface area (Å²) in [6.07, 6.45) is 0. The average molecular weight is 266 g/mol. The van der Waals surface area contributed by atoms with Crippen LogP contribution in [-0.2, 0) is 4.74 Å². The normalized spacial score (nSPS) is 10.3. The molecule has 0 bridgehead atoms. The molecule has 0 unspecified atom stereocenters. The Labute approximate surface area is 109 Å². The second kappa shape index (κ2) is 5.14. The lowest BCUT2D eigenvalue weighted by molar-refractivity contribution is 0.0491. The van der Waals surface area contributed by atoms with E-state index in [9.17, 15) is 4.79 Å². The zero-order valence-electron chi connectivity index (χ0n) is 9.77. The minimum atomic E-state index is -0.490. The van der Waals surface area contributed by atoms with E-state index in [1.807, 2.05) is 0 Å². The second-order valence-electron chi connectivity index (χ2n) is 3.62. The van der Waals surface area contributed by atoms with Gasteiger partial charge in [0, 0.05) is 16.3 Å². The van der Waals surface area contributed by atoms with E-state index in [4.69, 9.17) is 26.5 Å². The topological polar surface area (TPSA) is 65.5 Å². The smallest absolute Gasteiger partial charge is 0.374 e. The standard InChI is InChI=1S/C13H12ClNO3/c1-2-17-13(16)12-6-5-11(18-12)9-4-3-8(14)7-10(9)15/h3-7H,2,15H2,1H3. The molecule has 1 heterocycles. The monoisotopic (exact) mass is 265 g/mol. The largest absolute Gasteiger partial charge is 0.460 e. The number of carbonyl (C=O) groups excluding carboxylic acids is 1. The Morgan fingerprint density at radius 3 is 2.83 bits per heavy atom. The number of nitrogen functional groups attached to an aromatic ring is 1.